The molecule has 2 unspecified atom stereocenters. The van der Waals surface area contributed by atoms with Gasteiger partial charge < -0.3 is 9.84 Å². The van der Waals surface area contributed by atoms with Crippen molar-refractivity contribution in [1.29, 1.82) is 0 Å². The first-order valence-electron chi connectivity index (χ1n) is 6.31. The zero-order valence-corrected chi connectivity index (χ0v) is 11.1. The summed E-state index contributed by atoms with van der Waals surface area (Å²) in [7, 11) is 1.76. The molecule has 0 radical (unpaired) electrons. The summed E-state index contributed by atoms with van der Waals surface area (Å²) in [5.41, 5.74) is 1.71. The number of aliphatic hydroxyl groups is 1. The van der Waals surface area contributed by atoms with Crippen molar-refractivity contribution in [2.75, 3.05) is 20.3 Å². The Labute approximate surface area is 99.7 Å². The molecule has 1 aliphatic rings. The van der Waals surface area contributed by atoms with Crippen LogP contribution in [0.25, 0.3) is 0 Å². The van der Waals surface area contributed by atoms with Crippen LogP contribution in [0.2, 0.25) is 0 Å². The topological polar surface area (TPSA) is 29.5 Å². The Morgan fingerprint density at radius 1 is 1.56 bits per heavy atom. The molecule has 0 spiro atoms. The van der Waals surface area contributed by atoms with Crippen LogP contribution in [-0.2, 0) is 4.74 Å². The summed E-state index contributed by atoms with van der Waals surface area (Å²) in [6.45, 7) is 7.83. The van der Waals surface area contributed by atoms with E-state index < -0.39 is 0 Å². The Bertz CT molecular complexity index is 243. The highest BCUT2D eigenvalue weighted by Gasteiger charge is 2.36. The van der Waals surface area contributed by atoms with E-state index in [4.69, 9.17) is 9.84 Å². The third-order valence-electron chi connectivity index (χ3n) is 4.12. The summed E-state index contributed by atoms with van der Waals surface area (Å²) in [6.07, 6.45) is 5.85. The van der Waals surface area contributed by atoms with Gasteiger partial charge in [0.25, 0.3) is 0 Å². The standard InChI is InChI=1S/C14H26O2/c1-11(9-15)5-6-12-7-8-13(10-16-4)14(12,2)3/h8,11-12,15H,5-7,9-10H2,1-4H3. The Morgan fingerprint density at radius 3 is 2.81 bits per heavy atom. The maximum Gasteiger partial charge on any atom is 0.0678 e. The molecular weight excluding hydrogens is 200 g/mol. The number of hydrogen-bond acceptors (Lipinski definition) is 2. The van der Waals surface area contributed by atoms with Crippen molar-refractivity contribution in [1.82, 2.24) is 0 Å². The summed E-state index contributed by atoms with van der Waals surface area (Å²) in [6, 6.07) is 0. The number of methoxy groups -OCH3 is 1. The van der Waals surface area contributed by atoms with E-state index >= 15 is 0 Å². The lowest BCUT2D eigenvalue weighted by molar-refractivity contribution is 0.174. The molecule has 0 saturated carbocycles. The van der Waals surface area contributed by atoms with Crippen molar-refractivity contribution < 1.29 is 9.84 Å². The second-order valence-corrected chi connectivity index (χ2v) is 5.68. The first-order valence-corrected chi connectivity index (χ1v) is 6.31. The van der Waals surface area contributed by atoms with E-state index in [9.17, 15) is 0 Å². The highest BCUT2D eigenvalue weighted by molar-refractivity contribution is 5.21. The molecule has 1 N–H and O–H groups in total. The zero-order chi connectivity index (χ0) is 12.2. The molecule has 0 aromatic carbocycles. The van der Waals surface area contributed by atoms with Gasteiger partial charge in [0.1, 0.15) is 0 Å². The molecule has 1 aliphatic carbocycles. The fraction of sp³-hybridized carbons (Fsp3) is 0.857. The second kappa shape index (κ2) is 5.83. The maximum atomic E-state index is 9.04. The summed E-state index contributed by atoms with van der Waals surface area (Å²) in [5, 5.41) is 9.04. The van der Waals surface area contributed by atoms with Crippen molar-refractivity contribution >= 4 is 0 Å². The number of hydrogen-bond donors (Lipinski definition) is 1. The van der Waals surface area contributed by atoms with Gasteiger partial charge in [-0.25, -0.2) is 0 Å². The van der Waals surface area contributed by atoms with E-state index in [1.165, 1.54) is 18.4 Å². The minimum atomic E-state index is 0.269. The van der Waals surface area contributed by atoms with Gasteiger partial charge in [-0.15, -0.1) is 0 Å². The summed E-state index contributed by atoms with van der Waals surface area (Å²) >= 11 is 0. The minimum Gasteiger partial charge on any atom is -0.396 e. The molecule has 0 fully saturated rings. The molecule has 0 bridgehead atoms. The molecular formula is C14H26O2. The molecule has 0 aromatic rings. The van der Waals surface area contributed by atoms with E-state index in [1.54, 1.807) is 7.11 Å². The number of ether oxygens (including phenoxy) is 1. The number of rotatable bonds is 6. The van der Waals surface area contributed by atoms with Crippen molar-refractivity contribution in [3.8, 4) is 0 Å². The highest BCUT2D eigenvalue weighted by Crippen LogP contribution is 2.45. The quantitative estimate of drug-likeness (QED) is 0.705. The van der Waals surface area contributed by atoms with Gasteiger partial charge in [0.2, 0.25) is 0 Å². The van der Waals surface area contributed by atoms with Gasteiger partial charge in [-0.3, -0.25) is 0 Å². The normalized spacial score (nSPS) is 25.6. The highest BCUT2D eigenvalue weighted by atomic mass is 16.5. The van der Waals surface area contributed by atoms with Crippen LogP contribution < -0.4 is 0 Å². The Balaban J connectivity index is 2.47. The molecule has 1 rings (SSSR count). The minimum absolute atomic E-state index is 0.269. The molecule has 2 atom stereocenters. The van der Waals surface area contributed by atoms with E-state index in [1.807, 2.05) is 0 Å². The molecule has 16 heavy (non-hydrogen) atoms. The SMILES string of the molecule is COCC1=CCC(CCC(C)CO)C1(C)C. The molecule has 0 aliphatic heterocycles. The van der Waals surface area contributed by atoms with Gasteiger partial charge in [0, 0.05) is 13.7 Å². The molecule has 0 saturated heterocycles. The fourth-order valence-corrected chi connectivity index (χ4v) is 2.56. The van der Waals surface area contributed by atoms with Crippen LogP contribution in [0.5, 0.6) is 0 Å². The molecule has 2 nitrogen and oxygen atoms in total. The predicted octanol–water partition coefficient (Wildman–Crippen LogP) is 3.01. The summed E-state index contributed by atoms with van der Waals surface area (Å²) in [4.78, 5) is 0. The van der Waals surface area contributed by atoms with Crippen molar-refractivity contribution in [2.24, 2.45) is 17.3 Å². The predicted molar refractivity (Wildman–Crippen MR) is 67.3 cm³/mol. The van der Waals surface area contributed by atoms with Crippen molar-refractivity contribution in [2.45, 2.75) is 40.0 Å². The average molecular weight is 226 g/mol. The van der Waals surface area contributed by atoms with E-state index in [0.717, 1.165) is 13.0 Å². The van der Waals surface area contributed by atoms with Crippen molar-refractivity contribution in [3.05, 3.63) is 11.6 Å². The Hall–Kier alpha value is -0.340. The van der Waals surface area contributed by atoms with Gasteiger partial charge in [-0.1, -0.05) is 26.8 Å². The van der Waals surface area contributed by atoms with Crippen LogP contribution in [0.1, 0.15) is 40.0 Å². The van der Waals surface area contributed by atoms with Gasteiger partial charge in [0.15, 0.2) is 0 Å². The van der Waals surface area contributed by atoms with Crippen LogP contribution in [-0.4, -0.2) is 25.4 Å². The number of allylic oxidation sites excluding steroid dienone is 1. The summed E-state index contributed by atoms with van der Waals surface area (Å²) < 4.78 is 5.25. The van der Waals surface area contributed by atoms with Crippen LogP contribution in [0.3, 0.4) is 0 Å². The first kappa shape index (κ1) is 13.7. The second-order valence-electron chi connectivity index (χ2n) is 5.68. The lowest BCUT2D eigenvalue weighted by atomic mass is 9.74. The number of aliphatic hydroxyl groups excluding tert-OH is 1. The Kier molecular flexibility index (Phi) is 5.00. The van der Waals surface area contributed by atoms with Crippen LogP contribution >= 0.6 is 0 Å². The van der Waals surface area contributed by atoms with Gasteiger partial charge >= 0.3 is 0 Å². The third kappa shape index (κ3) is 3.08. The van der Waals surface area contributed by atoms with Gasteiger partial charge in [-0.05, 0) is 42.1 Å². The van der Waals surface area contributed by atoms with Gasteiger partial charge in [0.05, 0.1) is 6.61 Å². The van der Waals surface area contributed by atoms with Crippen molar-refractivity contribution in [3.63, 3.8) is 0 Å². The molecule has 0 aromatic heterocycles. The summed E-state index contributed by atoms with van der Waals surface area (Å²) in [5.74, 6) is 1.15. The van der Waals surface area contributed by atoms with Crippen LogP contribution in [0.15, 0.2) is 11.6 Å². The monoisotopic (exact) mass is 226 g/mol. The third-order valence-corrected chi connectivity index (χ3v) is 4.12. The molecule has 0 heterocycles. The lowest BCUT2D eigenvalue weighted by Crippen LogP contribution is -2.24. The average Bonchev–Trinajstić information content (AvgIpc) is 2.52. The first-order chi connectivity index (χ1) is 7.52. The smallest absolute Gasteiger partial charge is 0.0678 e. The lowest BCUT2D eigenvalue weighted by Gasteiger charge is -2.31. The largest absolute Gasteiger partial charge is 0.396 e. The maximum absolute atomic E-state index is 9.04. The van der Waals surface area contributed by atoms with E-state index in [-0.39, 0.29) is 5.41 Å². The van der Waals surface area contributed by atoms with Gasteiger partial charge in [-0.2, -0.15) is 0 Å². The van der Waals surface area contributed by atoms with E-state index in [0.29, 0.717) is 18.4 Å². The van der Waals surface area contributed by atoms with Crippen LogP contribution in [0.4, 0.5) is 0 Å². The molecule has 2 heteroatoms. The fourth-order valence-electron chi connectivity index (χ4n) is 2.56. The van der Waals surface area contributed by atoms with E-state index in [2.05, 4.69) is 26.8 Å². The molecule has 94 valence electrons. The molecule has 0 amide bonds. The Morgan fingerprint density at radius 2 is 2.25 bits per heavy atom. The van der Waals surface area contributed by atoms with Crippen LogP contribution in [0, 0.1) is 17.3 Å². The zero-order valence-electron chi connectivity index (χ0n) is 11.1.